The number of hydrogen-bond donors (Lipinski definition) is 5. The third-order valence-corrected chi connectivity index (χ3v) is 8.92. The van der Waals surface area contributed by atoms with Crippen molar-refractivity contribution in [3.8, 4) is 17.2 Å². The van der Waals surface area contributed by atoms with Gasteiger partial charge in [-0.25, -0.2) is 4.79 Å². The number of nitrogens with one attached hydrogen (secondary N) is 2. The van der Waals surface area contributed by atoms with E-state index in [4.69, 9.17) is 5.73 Å². The van der Waals surface area contributed by atoms with Crippen LogP contribution in [0.25, 0.3) is 21.9 Å². The fourth-order valence-corrected chi connectivity index (χ4v) is 6.61. The number of anilines is 3. The molecular formula is C28H20N6O7S3. The number of rotatable bonds is 7. The topological polar surface area (TPSA) is 224 Å². The summed E-state index contributed by atoms with van der Waals surface area (Å²) in [5.41, 5.74) is 7.88. The molecule has 0 aliphatic carbocycles. The molecule has 6 N–H and O–H groups in total. The van der Waals surface area contributed by atoms with Gasteiger partial charge in [0, 0.05) is 27.7 Å². The number of fused-ring (bicyclic) bond motifs is 1. The number of hydrogen-bond acceptors (Lipinski definition) is 10. The molecule has 0 bridgehead atoms. The van der Waals surface area contributed by atoms with Crippen LogP contribution < -0.4 is 16.4 Å². The lowest BCUT2D eigenvalue weighted by Gasteiger charge is -2.09. The maximum atomic E-state index is 12.4. The molecule has 0 saturated carbocycles. The van der Waals surface area contributed by atoms with E-state index in [9.17, 15) is 36.0 Å². The smallest absolute Gasteiger partial charge is 0.323 e. The molecule has 44 heavy (non-hydrogen) atoms. The van der Waals surface area contributed by atoms with Crippen LogP contribution in [-0.2, 0) is 20.2 Å². The number of thiophene rings is 1. The molecule has 2 amide bonds. The van der Waals surface area contributed by atoms with Gasteiger partial charge in [0.05, 0.1) is 11.3 Å². The van der Waals surface area contributed by atoms with E-state index in [0.29, 0.717) is 22.5 Å². The van der Waals surface area contributed by atoms with Gasteiger partial charge < -0.3 is 16.4 Å². The summed E-state index contributed by atoms with van der Waals surface area (Å²) in [6.07, 6.45) is 0. The van der Waals surface area contributed by atoms with E-state index in [1.165, 1.54) is 18.2 Å². The highest BCUT2D eigenvalue weighted by atomic mass is 32.2. The molecule has 5 rings (SSSR count). The molecule has 0 fully saturated rings. The molecule has 0 saturated heterocycles. The van der Waals surface area contributed by atoms with Gasteiger partial charge >= 0.3 is 6.03 Å². The Balaban J connectivity index is 1.51. The second kappa shape index (κ2) is 11.8. The second-order valence-electron chi connectivity index (χ2n) is 9.10. The maximum absolute atomic E-state index is 12.4. The predicted octanol–water partition coefficient (Wildman–Crippen LogP) is 6.57. The molecule has 0 aliphatic heterocycles. The monoisotopic (exact) mass is 648 g/mol. The van der Waals surface area contributed by atoms with Gasteiger partial charge in [0.15, 0.2) is 0 Å². The van der Waals surface area contributed by atoms with Crippen LogP contribution in [0.3, 0.4) is 0 Å². The fraction of sp³-hybridized carbons (Fsp3) is 0. The minimum absolute atomic E-state index is 0.109. The van der Waals surface area contributed by atoms with Crippen LogP contribution >= 0.6 is 11.3 Å². The Morgan fingerprint density at radius 2 is 1.43 bits per heavy atom. The molecule has 222 valence electrons. The van der Waals surface area contributed by atoms with Gasteiger partial charge in [-0.2, -0.15) is 22.1 Å². The van der Waals surface area contributed by atoms with Crippen molar-refractivity contribution >= 4 is 75.4 Å². The summed E-state index contributed by atoms with van der Waals surface area (Å²) in [7, 11) is -9.64. The quantitative estimate of drug-likeness (QED) is 0.0948. The Labute approximate surface area is 254 Å². The lowest BCUT2D eigenvalue weighted by atomic mass is 10.0. The van der Waals surface area contributed by atoms with Gasteiger partial charge in [-0.15, -0.1) is 10.2 Å². The van der Waals surface area contributed by atoms with Gasteiger partial charge in [-0.1, -0.05) is 53.8 Å². The molecule has 0 radical (unpaired) electrons. The van der Waals surface area contributed by atoms with Crippen molar-refractivity contribution in [3.05, 3.63) is 90.5 Å². The molecule has 0 unspecified atom stereocenters. The van der Waals surface area contributed by atoms with E-state index in [1.807, 2.05) is 12.1 Å². The van der Waals surface area contributed by atoms with Crippen molar-refractivity contribution in [1.29, 1.82) is 5.26 Å². The summed E-state index contributed by atoms with van der Waals surface area (Å²) in [6.45, 7) is 0. The lowest BCUT2D eigenvalue weighted by molar-refractivity contribution is 0.262. The molecule has 13 nitrogen and oxygen atoms in total. The van der Waals surface area contributed by atoms with Gasteiger partial charge in [-0.3, -0.25) is 9.11 Å². The van der Waals surface area contributed by atoms with Crippen LogP contribution in [0, 0.1) is 11.3 Å². The number of carbonyl (C=O) groups is 1. The van der Waals surface area contributed by atoms with E-state index in [-0.39, 0.29) is 32.0 Å². The van der Waals surface area contributed by atoms with Crippen LogP contribution in [-0.4, -0.2) is 32.0 Å². The van der Waals surface area contributed by atoms with Crippen LogP contribution in [0.15, 0.2) is 105 Å². The molecule has 0 spiro atoms. The summed E-state index contributed by atoms with van der Waals surface area (Å²) >= 11 is 0.928. The third-order valence-electron chi connectivity index (χ3n) is 6.21. The molecular weight excluding hydrogens is 629 g/mol. The minimum Gasteiger partial charge on any atom is -0.389 e. The molecule has 1 heterocycles. The molecule has 1 aromatic heterocycles. The predicted molar refractivity (Wildman–Crippen MR) is 166 cm³/mol. The maximum Gasteiger partial charge on any atom is 0.323 e. The number of para-hydroxylation sites is 1. The zero-order valence-electron chi connectivity index (χ0n) is 22.2. The Kier molecular flexibility index (Phi) is 8.15. The SMILES string of the molecule is N#Cc1c(N)sc(N=Nc2cc(S(=O)(=O)O)c3cccc(S(=O)(=O)O)c3c2)c1-c1ccc(NC(=O)Nc2ccccc2)cc1. The van der Waals surface area contributed by atoms with Crippen molar-refractivity contribution in [2.24, 2.45) is 10.2 Å². The van der Waals surface area contributed by atoms with Crippen molar-refractivity contribution < 1.29 is 30.7 Å². The van der Waals surface area contributed by atoms with Crippen molar-refractivity contribution in [2.45, 2.75) is 9.79 Å². The number of carbonyl (C=O) groups excluding carboxylic acids is 1. The van der Waals surface area contributed by atoms with Crippen LogP contribution in [0.1, 0.15) is 5.56 Å². The van der Waals surface area contributed by atoms with Gasteiger partial charge in [0.1, 0.15) is 25.9 Å². The van der Waals surface area contributed by atoms with Gasteiger partial charge in [0.25, 0.3) is 20.2 Å². The standard InChI is InChI=1S/C28H20N6O7S3/c29-15-22-25(16-9-11-18(12-10-16)32-28(35)31-17-5-2-1-3-6-17)27(42-26(22)30)34-33-19-13-21-20(24(14-19)44(39,40)41)7-4-8-23(21)43(36,37)38/h1-14H,30H2,(H2,31,32,35)(H,36,37,38)(H,39,40,41). The van der Waals surface area contributed by atoms with E-state index >= 15 is 0 Å². The largest absolute Gasteiger partial charge is 0.389 e. The molecule has 4 aromatic carbocycles. The number of azo groups is 1. The third kappa shape index (κ3) is 6.41. The van der Waals surface area contributed by atoms with E-state index in [2.05, 4.69) is 20.9 Å². The van der Waals surface area contributed by atoms with E-state index in [1.54, 1.807) is 48.5 Å². The summed E-state index contributed by atoms with van der Waals surface area (Å²) in [6, 6.07) is 22.6. The number of nitrogens with zero attached hydrogens (tertiary/aromatic N) is 3. The zero-order chi connectivity index (χ0) is 31.6. The summed E-state index contributed by atoms with van der Waals surface area (Å²) in [5.74, 6) is 0. The molecule has 0 atom stereocenters. The van der Waals surface area contributed by atoms with Crippen LogP contribution in [0.2, 0.25) is 0 Å². The highest BCUT2D eigenvalue weighted by Crippen LogP contribution is 2.45. The Hall–Kier alpha value is -5.18. The number of nitrogen functional groups attached to an aromatic ring is 1. The molecule has 0 aliphatic rings. The number of nitrogens with two attached hydrogens (primary N) is 1. The lowest BCUT2D eigenvalue weighted by Crippen LogP contribution is -2.19. The number of benzene rings is 4. The zero-order valence-corrected chi connectivity index (χ0v) is 24.6. The van der Waals surface area contributed by atoms with Crippen LogP contribution in [0.5, 0.6) is 0 Å². The summed E-state index contributed by atoms with van der Waals surface area (Å²) in [5, 5.41) is 23.3. The van der Waals surface area contributed by atoms with Crippen molar-refractivity contribution in [1.82, 2.24) is 0 Å². The summed E-state index contributed by atoms with van der Waals surface area (Å²) in [4.78, 5) is 11.1. The fourth-order valence-electron chi connectivity index (χ4n) is 4.33. The average molecular weight is 649 g/mol. The normalized spacial score (nSPS) is 11.8. The number of nitriles is 1. The van der Waals surface area contributed by atoms with Gasteiger partial charge in [-0.05, 0) is 48.0 Å². The number of amides is 2. The highest BCUT2D eigenvalue weighted by molar-refractivity contribution is 7.86. The number of urea groups is 1. The second-order valence-corrected chi connectivity index (χ2v) is 12.9. The minimum atomic E-state index is -4.86. The summed E-state index contributed by atoms with van der Waals surface area (Å²) < 4.78 is 67.7. The Bertz CT molecular complexity index is 2210. The van der Waals surface area contributed by atoms with Crippen LogP contribution in [0.4, 0.5) is 31.9 Å². The Morgan fingerprint density at radius 3 is 2.05 bits per heavy atom. The van der Waals surface area contributed by atoms with Crippen molar-refractivity contribution in [3.63, 3.8) is 0 Å². The first-order valence-corrected chi connectivity index (χ1v) is 16.0. The molecule has 16 heteroatoms. The average Bonchev–Trinajstić information content (AvgIpc) is 3.30. The van der Waals surface area contributed by atoms with E-state index < -0.39 is 36.1 Å². The van der Waals surface area contributed by atoms with Gasteiger partial charge in [0.2, 0.25) is 0 Å². The van der Waals surface area contributed by atoms with E-state index in [0.717, 1.165) is 23.5 Å². The highest BCUT2D eigenvalue weighted by Gasteiger charge is 2.22. The Morgan fingerprint density at radius 1 is 0.795 bits per heavy atom. The molecule has 5 aromatic rings. The van der Waals surface area contributed by atoms with Crippen molar-refractivity contribution in [2.75, 3.05) is 16.4 Å². The first kappa shape index (κ1) is 30.3. The first-order chi connectivity index (χ1) is 20.8. The first-order valence-electron chi connectivity index (χ1n) is 12.3.